The first-order valence-corrected chi connectivity index (χ1v) is 7.57. The van der Waals surface area contributed by atoms with Crippen LogP contribution < -0.4 is 4.74 Å². The number of hydrogen-bond acceptors (Lipinski definition) is 5. The summed E-state index contributed by atoms with van der Waals surface area (Å²) in [7, 11) is 0. The molecule has 20 heavy (non-hydrogen) atoms. The topological polar surface area (TPSA) is 41.9 Å². The summed E-state index contributed by atoms with van der Waals surface area (Å²) >= 11 is 12.3. The molecule has 0 bridgehead atoms. The van der Waals surface area contributed by atoms with Crippen LogP contribution in [0.25, 0.3) is 6.08 Å². The number of rotatable bonds is 2. The average molecular weight is 325 g/mol. The molecule has 1 amide bonds. The second kappa shape index (κ2) is 5.55. The highest BCUT2D eigenvalue weighted by Gasteiger charge is 2.26. The summed E-state index contributed by atoms with van der Waals surface area (Å²) in [6, 6.07) is 5.44. The van der Waals surface area contributed by atoms with E-state index in [1.165, 1.54) is 16.8 Å². The van der Waals surface area contributed by atoms with Gasteiger partial charge in [-0.15, -0.1) is 0 Å². The number of hydrogen-bond donors (Lipinski definition) is 0. The van der Waals surface area contributed by atoms with Gasteiger partial charge in [0.15, 0.2) is 4.32 Å². The van der Waals surface area contributed by atoms with E-state index in [2.05, 4.69) is 5.10 Å². The van der Waals surface area contributed by atoms with Gasteiger partial charge in [0, 0.05) is 16.2 Å². The number of thiocarbonyl (C=S) groups is 1. The fraction of sp³-hybridized carbons (Fsp3) is 0.154. The molecular weight excluding hydrogens is 316 g/mol. The Labute approximate surface area is 130 Å². The van der Waals surface area contributed by atoms with E-state index >= 15 is 0 Å². The Kier molecular flexibility index (Phi) is 3.78. The van der Waals surface area contributed by atoms with Crippen LogP contribution in [0.15, 0.2) is 28.9 Å². The first-order valence-electron chi connectivity index (χ1n) is 5.80. The van der Waals surface area contributed by atoms with Crippen LogP contribution >= 0.6 is 35.6 Å². The molecule has 0 radical (unpaired) electrons. The van der Waals surface area contributed by atoms with Crippen molar-refractivity contribution in [3.63, 3.8) is 0 Å². The number of halogens is 1. The monoisotopic (exact) mass is 324 g/mol. The predicted octanol–water partition coefficient (Wildman–Crippen LogP) is 2.96. The zero-order chi connectivity index (χ0) is 14.1. The molecule has 1 aromatic rings. The van der Waals surface area contributed by atoms with E-state index in [1.54, 1.807) is 12.3 Å². The Hall–Kier alpha value is -1.37. The first-order chi connectivity index (χ1) is 9.63. The van der Waals surface area contributed by atoms with Gasteiger partial charge in [0.1, 0.15) is 12.4 Å². The highest BCUT2D eigenvalue weighted by Crippen LogP contribution is 2.28. The van der Waals surface area contributed by atoms with Crippen molar-refractivity contribution in [3.8, 4) is 5.75 Å². The molecule has 2 aliphatic rings. The smallest absolute Gasteiger partial charge is 0.259 e. The minimum Gasteiger partial charge on any atom is -0.488 e. The molecule has 0 aliphatic carbocycles. The van der Waals surface area contributed by atoms with Crippen LogP contribution in [0.4, 0.5) is 0 Å². The van der Waals surface area contributed by atoms with Gasteiger partial charge in [0.25, 0.3) is 5.91 Å². The Bertz CT molecular complexity index is 642. The molecule has 1 aromatic carbocycles. The van der Waals surface area contributed by atoms with Gasteiger partial charge >= 0.3 is 0 Å². The second-order valence-corrected chi connectivity index (χ2v) is 6.24. The summed E-state index contributed by atoms with van der Waals surface area (Å²) < 4.78 is 6.08. The maximum atomic E-state index is 11.5. The lowest BCUT2D eigenvalue weighted by atomic mass is 10.1. The highest BCUT2D eigenvalue weighted by atomic mass is 35.5. The molecule has 0 atom stereocenters. The van der Waals surface area contributed by atoms with E-state index in [9.17, 15) is 4.79 Å². The van der Waals surface area contributed by atoms with Crippen molar-refractivity contribution in [2.24, 2.45) is 5.10 Å². The second-order valence-electron chi connectivity index (χ2n) is 4.19. The molecule has 1 fully saturated rings. The largest absolute Gasteiger partial charge is 0.488 e. The van der Waals surface area contributed by atoms with Gasteiger partial charge in [-0.05, 0) is 24.3 Å². The molecule has 0 aromatic heterocycles. The molecule has 102 valence electrons. The van der Waals surface area contributed by atoms with Crippen molar-refractivity contribution in [1.29, 1.82) is 0 Å². The van der Waals surface area contributed by atoms with E-state index in [0.717, 1.165) is 16.9 Å². The van der Waals surface area contributed by atoms with Crippen molar-refractivity contribution in [2.45, 2.75) is 0 Å². The maximum Gasteiger partial charge on any atom is 0.259 e. The van der Waals surface area contributed by atoms with Crippen molar-refractivity contribution in [2.75, 3.05) is 12.4 Å². The third-order valence-electron chi connectivity index (χ3n) is 2.77. The Balaban J connectivity index is 1.82. The normalized spacial score (nSPS) is 18.2. The van der Waals surface area contributed by atoms with Gasteiger partial charge < -0.3 is 4.74 Å². The Morgan fingerprint density at radius 1 is 1.50 bits per heavy atom. The van der Waals surface area contributed by atoms with Crippen molar-refractivity contribution < 1.29 is 9.53 Å². The van der Waals surface area contributed by atoms with Gasteiger partial charge in [-0.25, -0.2) is 0 Å². The first kappa shape index (κ1) is 13.6. The predicted molar refractivity (Wildman–Crippen MR) is 85.3 cm³/mol. The summed E-state index contributed by atoms with van der Waals surface area (Å²) in [5.74, 6) is 1.04. The number of amides is 1. The molecule has 4 nitrogen and oxygen atoms in total. The summed E-state index contributed by atoms with van der Waals surface area (Å²) in [5.41, 5.74) is 1.75. The molecule has 2 heterocycles. The van der Waals surface area contributed by atoms with Crippen molar-refractivity contribution >= 4 is 58.1 Å². The number of thioether (sulfide) groups is 1. The van der Waals surface area contributed by atoms with E-state index in [0.29, 0.717) is 21.7 Å². The Morgan fingerprint density at radius 3 is 3.10 bits per heavy atom. The van der Waals surface area contributed by atoms with E-state index < -0.39 is 0 Å². The molecular formula is C13H9ClN2O2S2. The van der Waals surface area contributed by atoms with E-state index in [4.69, 9.17) is 28.6 Å². The number of carbonyl (C=O) groups excluding carboxylic acids is 1. The molecule has 0 unspecified atom stereocenters. The number of fused-ring (bicyclic) bond motifs is 1. The minimum atomic E-state index is -0.1000. The summed E-state index contributed by atoms with van der Waals surface area (Å²) in [6.07, 6.45) is 3.53. The number of nitrogens with zero attached hydrogens (tertiary/aromatic N) is 2. The molecule has 3 rings (SSSR count). The standard InChI is InChI=1S/C13H9ClN2O2S2/c14-10-1-2-11-9(4-10)3-8(6-18-11)5-15-16-12(17)7-20-13(16)19/h1-5H,6-7H2. The highest BCUT2D eigenvalue weighted by molar-refractivity contribution is 8.23. The van der Waals surface area contributed by atoms with Gasteiger partial charge in [-0.2, -0.15) is 10.1 Å². The van der Waals surface area contributed by atoms with Crippen LogP contribution in [-0.4, -0.2) is 33.8 Å². The molecule has 0 spiro atoms. The Morgan fingerprint density at radius 2 is 2.35 bits per heavy atom. The quantitative estimate of drug-likeness (QED) is 0.619. The van der Waals surface area contributed by atoms with Gasteiger partial charge in [0.05, 0.1) is 12.0 Å². The minimum absolute atomic E-state index is 0.1000. The van der Waals surface area contributed by atoms with Gasteiger partial charge in [0.2, 0.25) is 0 Å². The van der Waals surface area contributed by atoms with Gasteiger partial charge in [-0.3, -0.25) is 4.79 Å². The van der Waals surface area contributed by atoms with Crippen LogP contribution in [0.2, 0.25) is 5.02 Å². The van der Waals surface area contributed by atoms with E-state index in [1.807, 2.05) is 18.2 Å². The molecule has 0 N–H and O–H groups in total. The molecule has 7 heteroatoms. The number of ether oxygens (including phenoxy) is 1. The summed E-state index contributed by atoms with van der Waals surface area (Å²) in [6.45, 7) is 0.403. The van der Waals surface area contributed by atoms with Crippen LogP contribution in [0.1, 0.15) is 5.56 Å². The van der Waals surface area contributed by atoms with Crippen molar-refractivity contribution in [1.82, 2.24) is 5.01 Å². The number of benzene rings is 1. The third-order valence-corrected chi connectivity index (χ3v) is 4.35. The van der Waals surface area contributed by atoms with Crippen LogP contribution in [0, 0.1) is 0 Å². The number of carbonyl (C=O) groups is 1. The lowest BCUT2D eigenvalue weighted by molar-refractivity contribution is -0.123. The average Bonchev–Trinajstić information content (AvgIpc) is 2.75. The van der Waals surface area contributed by atoms with Crippen LogP contribution in [-0.2, 0) is 4.79 Å². The SMILES string of the molecule is O=C1CSC(=S)N1N=CC1=Cc2cc(Cl)ccc2OC1. The number of hydrazone groups is 1. The van der Waals surface area contributed by atoms with E-state index in [-0.39, 0.29) is 5.91 Å². The summed E-state index contributed by atoms with van der Waals surface area (Å²) in [5, 5.41) is 6.01. The van der Waals surface area contributed by atoms with Crippen LogP contribution in [0.3, 0.4) is 0 Å². The summed E-state index contributed by atoms with van der Waals surface area (Å²) in [4.78, 5) is 11.5. The fourth-order valence-corrected chi connectivity index (χ4v) is 2.98. The zero-order valence-electron chi connectivity index (χ0n) is 10.2. The van der Waals surface area contributed by atoms with Gasteiger partial charge in [-0.1, -0.05) is 35.6 Å². The van der Waals surface area contributed by atoms with Crippen LogP contribution in [0.5, 0.6) is 5.75 Å². The third kappa shape index (κ3) is 2.72. The lowest BCUT2D eigenvalue weighted by Crippen LogP contribution is -2.23. The lowest BCUT2D eigenvalue weighted by Gasteiger charge is -2.16. The van der Waals surface area contributed by atoms with Crippen molar-refractivity contribution in [3.05, 3.63) is 34.4 Å². The molecule has 1 saturated heterocycles. The fourth-order valence-electron chi connectivity index (χ4n) is 1.83. The molecule has 2 aliphatic heterocycles. The molecule has 0 saturated carbocycles. The zero-order valence-corrected chi connectivity index (χ0v) is 12.6. The maximum absolute atomic E-state index is 11.5.